The molecule has 74 valence electrons. The van der Waals surface area contributed by atoms with Crippen molar-refractivity contribution in [2.45, 2.75) is 32.4 Å². The van der Waals surface area contributed by atoms with Gasteiger partial charge >= 0.3 is 12.1 Å². The largest absolute Gasteiger partial charge is 0.478 e. The minimum Gasteiger partial charge on any atom is -0.478 e. The number of nitrogens with one attached hydrogen (secondary N) is 1. The van der Waals surface area contributed by atoms with Crippen molar-refractivity contribution >= 4 is 12.1 Å². The van der Waals surface area contributed by atoms with Crippen LogP contribution in [-0.4, -0.2) is 29.3 Å². The fourth-order valence-corrected chi connectivity index (χ4v) is 1.37. The lowest BCUT2D eigenvalue weighted by molar-refractivity contribution is -0.146. The Bertz CT molecular complexity index is 226. The predicted octanol–water partition coefficient (Wildman–Crippen LogP) is 0.594. The Morgan fingerprint density at radius 3 is 2.77 bits per heavy atom. The third kappa shape index (κ3) is 2.34. The first-order chi connectivity index (χ1) is 6.00. The molecule has 5 nitrogen and oxygen atoms in total. The average molecular weight is 187 g/mol. The number of ether oxygens (including phenoxy) is 1. The second-order valence-electron chi connectivity index (χ2n) is 3.54. The van der Waals surface area contributed by atoms with Crippen LogP contribution in [0.1, 0.15) is 20.3 Å². The molecule has 0 spiro atoms. The molecule has 0 radical (unpaired) electrons. The van der Waals surface area contributed by atoms with E-state index >= 15 is 0 Å². The molecule has 0 aromatic rings. The minimum atomic E-state index is -1.09. The first-order valence-electron chi connectivity index (χ1n) is 4.20. The lowest BCUT2D eigenvalue weighted by Gasteiger charge is -2.14. The summed E-state index contributed by atoms with van der Waals surface area (Å²) in [6, 6.07) is -0.398. The molecule has 0 bridgehead atoms. The Kier molecular flexibility index (Phi) is 2.75. The third-order valence-corrected chi connectivity index (χ3v) is 1.87. The van der Waals surface area contributed by atoms with E-state index in [4.69, 9.17) is 5.11 Å². The van der Waals surface area contributed by atoms with Crippen LogP contribution in [0.4, 0.5) is 4.79 Å². The number of alkyl carbamates (subject to hydrolysis) is 1. The molecule has 0 aromatic carbocycles. The first-order valence-corrected chi connectivity index (χ1v) is 4.20. The van der Waals surface area contributed by atoms with Crippen LogP contribution < -0.4 is 5.32 Å². The number of hydrogen-bond acceptors (Lipinski definition) is 3. The van der Waals surface area contributed by atoms with Crippen LogP contribution in [0.25, 0.3) is 0 Å². The van der Waals surface area contributed by atoms with Gasteiger partial charge in [-0.2, -0.15) is 0 Å². The highest BCUT2D eigenvalue weighted by Gasteiger charge is 2.39. The standard InChI is InChI=1S/C8H13NO4/c1-4(2)3-5-6(7(10)11)13-8(12)9-5/h4-6H,3H2,1-2H3,(H,9,12)(H,10,11)/t5-,6-/m0/s1. The normalized spacial score (nSPS) is 27.2. The van der Waals surface area contributed by atoms with Gasteiger partial charge in [-0.05, 0) is 12.3 Å². The van der Waals surface area contributed by atoms with Crippen molar-refractivity contribution in [3.63, 3.8) is 0 Å². The highest BCUT2D eigenvalue weighted by atomic mass is 16.6. The van der Waals surface area contributed by atoms with Gasteiger partial charge in [0.05, 0.1) is 6.04 Å². The molecule has 1 rings (SSSR count). The third-order valence-electron chi connectivity index (χ3n) is 1.87. The van der Waals surface area contributed by atoms with E-state index in [0.29, 0.717) is 12.3 Å². The van der Waals surface area contributed by atoms with Gasteiger partial charge < -0.3 is 15.2 Å². The first kappa shape index (κ1) is 9.83. The number of rotatable bonds is 3. The molecular weight excluding hydrogens is 174 g/mol. The van der Waals surface area contributed by atoms with Crippen LogP contribution >= 0.6 is 0 Å². The number of carboxylic acids is 1. The zero-order valence-electron chi connectivity index (χ0n) is 7.61. The van der Waals surface area contributed by atoms with E-state index in [-0.39, 0.29) is 0 Å². The van der Waals surface area contributed by atoms with Gasteiger partial charge in [-0.1, -0.05) is 13.8 Å². The van der Waals surface area contributed by atoms with Gasteiger partial charge in [0.15, 0.2) is 0 Å². The Balaban J connectivity index is 2.60. The molecule has 2 atom stereocenters. The Hall–Kier alpha value is -1.26. The SMILES string of the molecule is CC(C)C[C@@H]1NC(=O)O[C@@H]1C(=O)O. The zero-order valence-corrected chi connectivity index (χ0v) is 7.61. The van der Waals surface area contributed by atoms with Crippen molar-refractivity contribution in [1.29, 1.82) is 0 Å². The molecule has 1 heterocycles. The molecule has 13 heavy (non-hydrogen) atoms. The fraction of sp³-hybridized carbons (Fsp3) is 0.750. The molecule has 2 N–H and O–H groups in total. The summed E-state index contributed by atoms with van der Waals surface area (Å²) in [7, 11) is 0. The summed E-state index contributed by atoms with van der Waals surface area (Å²) in [5, 5.41) is 11.2. The maximum atomic E-state index is 10.8. The van der Waals surface area contributed by atoms with Crippen molar-refractivity contribution in [2.24, 2.45) is 5.92 Å². The fourth-order valence-electron chi connectivity index (χ4n) is 1.37. The van der Waals surface area contributed by atoms with Crippen molar-refractivity contribution in [2.75, 3.05) is 0 Å². The maximum Gasteiger partial charge on any atom is 0.408 e. The Morgan fingerprint density at radius 2 is 2.31 bits per heavy atom. The molecule has 1 amide bonds. The molecule has 0 aliphatic carbocycles. The molecule has 1 aliphatic heterocycles. The van der Waals surface area contributed by atoms with Crippen LogP contribution in [0.15, 0.2) is 0 Å². The number of carbonyl (C=O) groups excluding carboxylic acids is 1. The number of carboxylic acid groups (broad SMARTS) is 1. The summed E-state index contributed by atoms with van der Waals surface area (Å²) in [5.41, 5.74) is 0. The highest BCUT2D eigenvalue weighted by Crippen LogP contribution is 2.16. The van der Waals surface area contributed by atoms with Crippen LogP contribution in [-0.2, 0) is 9.53 Å². The van der Waals surface area contributed by atoms with Gasteiger partial charge in [0, 0.05) is 0 Å². The van der Waals surface area contributed by atoms with Gasteiger partial charge in [-0.15, -0.1) is 0 Å². The quantitative estimate of drug-likeness (QED) is 0.678. The molecule has 0 unspecified atom stereocenters. The average Bonchev–Trinajstić information content (AvgIpc) is 2.29. The lowest BCUT2D eigenvalue weighted by Crippen LogP contribution is -2.37. The van der Waals surface area contributed by atoms with Crippen LogP contribution in [0, 0.1) is 5.92 Å². The topological polar surface area (TPSA) is 75.6 Å². The summed E-state index contributed by atoms with van der Waals surface area (Å²) in [4.78, 5) is 21.4. The van der Waals surface area contributed by atoms with E-state index in [1.165, 1.54) is 0 Å². The minimum absolute atomic E-state index is 0.328. The van der Waals surface area contributed by atoms with E-state index in [1.54, 1.807) is 0 Å². The van der Waals surface area contributed by atoms with E-state index in [2.05, 4.69) is 10.1 Å². The second-order valence-corrected chi connectivity index (χ2v) is 3.54. The van der Waals surface area contributed by atoms with Crippen LogP contribution in [0.5, 0.6) is 0 Å². The molecule has 5 heteroatoms. The number of amides is 1. The highest BCUT2D eigenvalue weighted by molar-refractivity contribution is 5.82. The van der Waals surface area contributed by atoms with E-state index in [9.17, 15) is 9.59 Å². The molecule has 1 aliphatic rings. The molecular formula is C8H13NO4. The van der Waals surface area contributed by atoms with E-state index in [1.807, 2.05) is 13.8 Å². The number of aliphatic carboxylic acids is 1. The maximum absolute atomic E-state index is 10.8. The lowest BCUT2D eigenvalue weighted by atomic mass is 10.00. The number of carbonyl (C=O) groups is 2. The van der Waals surface area contributed by atoms with Crippen molar-refractivity contribution in [1.82, 2.24) is 5.32 Å². The van der Waals surface area contributed by atoms with Crippen LogP contribution in [0.2, 0.25) is 0 Å². The summed E-state index contributed by atoms with van der Waals surface area (Å²) < 4.78 is 4.59. The van der Waals surface area contributed by atoms with E-state index < -0.39 is 24.2 Å². The monoisotopic (exact) mass is 187 g/mol. The van der Waals surface area contributed by atoms with Gasteiger partial charge in [0.25, 0.3) is 0 Å². The molecule has 0 saturated carbocycles. The zero-order chi connectivity index (χ0) is 10.0. The van der Waals surface area contributed by atoms with Gasteiger partial charge in [0.1, 0.15) is 0 Å². The molecule has 0 aromatic heterocycles. The number of hydrogen-bond donors (Lipinski definition) is 2. The summed E-state index contributed by atoms with van der Waals surface area (Å²) >= 11 is 0. The van der Waals surface area contributed by atoms with Gasteiger partial charge in [-0.3, -0.25) is 0 Å². The van der Waals surface area contributed by atoms with E-state index in [0.717, 1.165) is 0 Å². The summed E-state index contributed by atoms with van der Waals surface area (Å²) in [6.45, 7) is 3.92. The Labute approximate surface area is 76.1 Å². The van der Waals surface area contributed by atoms with Crippen LogP contribution in [0.3, 0.4) is 0 Å². The molecule has 1 saturated heterocycles. The van der Waals surface area contributed by atoms with Gasteiger partial charge in [0.2, 0.25) is 6.10 Å². The van der Waals surface area contributed by atoms with Crippen molar-refractivity contribution in [3.8, 4) is 0 Å². The Morgan fingerprint density at radius 1 is 1.69 bits per heavy atom. The van der Waals surface area contributed by atoms with Gasteiger partial charge in [-0.25, -0.2) is 9.59 Å². The number of cyclic esters (lactones) is 1. The van der Waals surface area contributed by atoms with Crippen molar-refractivity contribution < 1.29 is 19.4 Å². The summed E-state index contributed by atoms with van der Waals surface area (Å²) in [6.07, 6.45) is -1.06. The second kappa shape index (κ2) is 3.64. The van der Waals surface area contributed by atoms with Crippen molar-refractivity contribution in [3.05, 3.63) is 0 Å². The predicted molar refractivity (Wildman–Crippen MR) is 44.3 cm³/mol. The smallest absolute Gasteiger partial charge is 0.408 e. The molecule has 1 fully saturated rings. The summed E-state index contributed by atoms with van der Waals surface area (Å²) in [5.74, 6) is -0.766.